The highest BCUT2D eigenvalue weighted by atomic mass is 19.1. The van der Waals surface area contributed by atoms with Gasteiger partial charge in [0, 0.05) is 5.56 Å². The Kier molecular flexibility index (Phi) is 6.23. The molecule has 25 heavy (non-hydrogen) atoms. The second-order valence-electron chi connectivity index (χ2n) is 7.51. The van der Waals surface area contributed by atoms with Gasteiger partial charge in [0.15, 0.2) is 0 Å². The van der Waals surface area contributed by atoms with Gasteiger partial charge in [0.1, 0.15) is 11.6 Å². The van der Waals surface area contributed by atoms with Gasteiger partial charge in [-0.15, -0.1) is 0 Å². The lowest BCUT2D eigenvalue weighted by Gasteiger charge is -2.21. The van der Waals surface area contributed by atoms with Crippen molar-refractivity contribution >= 4 is 0 Å². The van der Waals surface area contributed by atoms with Gasteiger partial charge in [-0.1, -0.05) is 69.2 Å². The van der Waals surface area contributed by atoms with Gasteiger partial charge in [0.25, 0.3) is 0 Å². The van der Waals surface area contributed by atoms with Gasteiger partial charge in [-0.3, -0.25) is 0 Å². The van der Waals surface area contributed by atoms with Crippen LogP contribution in [0, 0.1) is 24.5 Å². The Bertz CT molecular complexity index is 659. The minimum Gasteiger partial charge on any atom is -0.207 e. The molecule has 1 saturated carbocycles. The molecule has 3 rings (SSSR count). The minimum atomic E-state index is -0.484. The normalized spacial score (nSPS) is 15.5. The second-order valence-corrected chi connectivity index (χ2v) is 7.51. The van der Waals surface area contributed by atoms with Crippen LogP contribution in [0.5, 0.6) is 0 Å². The number of hydrogen-bond acceptors (Lipinski definition) is 0. The Morgan fingerprint density at radius 1 is 0.840 bits per heavy atom. The van der Waals surface area contributed by atoms with Gasteiger partial charge in [-0.25, -0.2) is 8.78 Å². The number of hydrogen-bond donors (Lipinski definition) is 0. The van der Waals surface area contributed by atoms with Crippen LogP contribution in [0.4, 0.5) is 8.78 Å². The van der Waals surface area contributed by atoms with Crippen molar-refractivity contribution < 1.29 is 8.78 Å². The first-order valence-corrected chi connectivity index (χ1v) is 9.68. The first kappa shape index (κ1) is 18.1. The van der Waals surface area contributed by atoms with Crippen LogP contribution in [0.3, 0.4) is 0 Å². The molecular weight excluding hydrogens is 314 g/mol. The van der Waals surface area contributed by atoms with Crippen molar-refractivity contribution in [1.82, 2.24) is 0 Å². The van der Waals surface area contributed by atoms with Crippen molar-refractivity contribution in [1.29, 1.82) is 0 Å². The predicted octanol–water partition coefficient (Wildman–Crippen LogP) is 7.23. The maximum atomic E-state index is 13.7. The van der Waals surface area contributed by atoms with Crippen molar-refractivity contribution in [2.24, 2.45) is 5.92 Å². The van der Waals surface area contributed by atoms with Crippen LogP contribution in [0.25, 0.3) is 11.1 Å². The molecule has 2 aromatic rings. The first-order valence-electron chi connectivity index (χ1n) is 9.68. The van der Waals surface area contributed by atoms with Crippen LogP contribution in [0.15, 0.2) is 36.4 Å². The van der Waals surface area contributed by atoms with Gasteiger partial charge < -0.3 is 0 Å². The molecule has 0 nitrogen and oxygen atoms in total. The van der Waals surface area contributed by atoms with Crippen molar-refractivity contribution in [3.05, 3.63) is 59.2 Å². The maximum absolute atomic E-state index is 13.7. The molecule has 0 amide bonds. The molecule has 0 bridgehead atoms. The van der Waals surface area contributed by atoms with Gasteiger partial charge in [-0.2, -0.15) is 0 Å². The molecule has 0 heterocycles. The topological polar surface area (TPSA) is 0 Å². The molecule has 0 radical (unpaired) electrons. The zero-order valence-electron chi connectivity index (χ0n) is 15.2. The van der Waals surface area contributed by atoms with E-state index in [1.165, 1.54) is 76.0 Å². The summed E-state index contributed by atoms with van der Waals surface area (Å²) < 4.78 is 27.4. The lowest BCUT2D eigenvalue weighted by molar-refractivity contribution is 0.330. The summed E-state index contributed by atoms with van der Waals surface area (Å²) in [6.45, 7) is 1.46. The Labute approximate surface area is 150 Å². The second kappa shape index (κ2) is 8.60. The van der Waals surface area contributed by atoms with E-state index in [9.17, 15) is 8.78 Å². The molecule has 0 atom stereocenters. The van der Waals surface area contributed by atoms with E-state index in [2.05, 4.69) is 12.1 Å². The lowest BCUT2D eigenvalue weighted by Crippen LogP contribution is -2.05. The molecule has 0 spiro atoms. The van der Waals surface area contributed by atoms with E-state index >= 15 is 0 Å². The Morgan fingerprint density at radius 2 is 1.48 bits per heavy atom. The number of rotatable bonds is 6. The van der Waals surface area contributed by atoms with Crippen molar-refractivity contribution in [2.75, 3.05) is 0 Å². The Balaban J connectivity index is 1.52. The van der Waals surface area contributed by atoms with Crippen LogP contribution in [-0.4, -0.2) is 0 Å². The number of aryl methyl sites for hydroxylation is 1. The monoisotopic (exact) mass is 342 g/mol. The van der Waals surface area contributed by atoms with Gasteiger partial charge >= 0.3 is 0 Å². The molecule has 0 aliphatic heterocycles. The Hall–Kier alpha value is -1.70. The quantitative estimate of drug-likeness (QED) is 0.486. The number of halogens is 2. The molecule has 0 unspecified atom stereocenters. The van der Waals surface area contributed by atoms with E-state index in [1.54, 1.807) is 0 Å². The van der Waals surface area contributed by atoms with E-state index in [0.29, 0.717) is 5.56 Å². The zero-order valence-corrected chi connectivity index (χ0v) is 15.2. The van der Waals surface area contributed by atoms with Crippen LogP contribution < -0.4 is 0 Å². The van der Waals surface area contributed by atoms with E-state index in [0.717, 1.165) is 17.9 Å². The molecule has 0 saturated heterocycles. The van der Waals surface area contributed by atoms with Crippen LogP contribution in [0.2, 0.25) is 0 Å². The third kappa shape index (κ3) is 4.90. The summed E-state index contributed by atoms with van der Waals surface area (Å²) in [6.07, 6.45) is 12.1. The number of benzene rings is 2. The van der Waals surface area contributed by atoms with Crippen LogP contribution >= 0.6 is 0 Å². The van der Waals surface area contributed by atoms with Crippen LogP contribution in [-0.2, 0) is 6.42 Å². The van der Waals surface area contributed by atoms with Gasteiger partial charge in [0.2, 0.25) is 0 Å². The van der Waals surface area contributed by atoms with E-state index < -0.39 is 11.6 Å². The molecule has 1 fully saturated rings. The van der Waals surface area contributed by atoms with Crippen molar-refractivity contribution in [3.8, 4) is 11.1 Å². The highest BCUT2D eigenvalue weighted by Crippen LogP contribution is 2.28. The maximum Gasteiger partial charge on any atom is 0.129 e. The van der Waals surface area contributed by atoms with Crippen molar-refractivity contribution in [2.45, 2.75) is 64.7 Å². The summed E-state index contributed by atoms with van der Waals surface area (Å²) in [5.74, 6) is -0.00830. The fourth-order valence-corrected chi connectivity index (χ4v) is 3.91. The third-order valence-electron chi connectivity index (χ3n) is 5.62. The fourth-order valence-electron chi connectivity index (χ4n) is 3.91. The molecular formula is C23H28F2. The first-order chi connectivity index (χ1) is 12.1. The molecule has 0 aromatic heterocycles. The van der Waals surface area contributed by atoms with Crippen LogP contribution in [0.1, 0.15) is 62.5 Å². The lowest BCUT2D eigenvalue weighted by atomic mass is 9.85. The van der Waals surface area contributed by atoms with Crippen molar-refractivity contribution in [3.63, 3.8) is 0 Å². The Morgan fingerprint density at radius 3 is 2.12 bits per heavy atom. The third-order valence-corrected chi connectivity index (χ3v) is 5.62. The molecule has 1 aliphatic rings. The molecule has 2 aromatic carbocycles. The minimum absolute atomic E-state index is 0.0818. The van der Waals surface area contributed by atoms with E-state index in [-0.39, 0.29) is 5.56 Å². The molecule has 1 aliphatic carbocycles. The smallest absolute Gasteiger partial charge is 0.129 e. The van der Waals surface area contributed by atoms with E-state index in [4.69, 9.17) is 0 Å². The molecule has 2 heteroatoms. The summed E-state index contributed by atoms with van der Waals surface area (Å²) in [5.41, 5.74) is 2.85. The summed E-state index contributed by atoms with van der Waals surface area (Å²) >= 11 is 0. The standard InChI is InChI=1S/C23H28F2/c1-17-22(24)15-21(16-23(17)25)20-13-11-19(12-14-20)10-6-5-9-18-7-3-2-4-8-18/h11-16,18H,2-10H2,1H3. The SMILES string of the molecule is Cc1c(F)cc(-c2ccc(CCCCC3CCCCC3)cc2)cc1F. The summed E-state index contributed by atoms with van der Waals surface area (Å²) in [5, 5.41) is 0. The predicted molar refractivity (Wildman–Crippen MR) is 101 cm³/mol. The largest absolute Gasteiger partial charge is 0.207 e. The average Bonchev–Trinajstić information content (AvgIpc) is 2.64. The zero-order chi connectivity index (χ0) is 17.6. The summed E-state index contributed by atoms with van der Waals surface area (Å²) in [6, 6.07) is 11.0. The highest BCUT2D eigenvalue weighted by Gasteiger charge is 2.12. The fraction of sp³-hybridized carbons (Fsp3) is 0.478. The molecule has 0 N–H and O–H groups in total. The number of unbranched alkanes of at least 4 members (excludes halogenated alkanes) is 1. The van der Waals surface area contributed by atoms with E-state index in [1.807, 2.05) is 12.1 Å². The molecule has 134 valence electrons. The summed E-state index contributed by atoms with van der Waals surface area (Å²) in [4.78, 5) is 0. The highest BCUT2D eigenvalue weighted by molar-refractivity contribution is 5.64. The van der Waals surface area contributed by atoms with Gasteiger partial charge in [-0.05, 0) is 54.5 Å². The average molecular weight is 342 g/mol. The summed E-state index contributed by atoms with van der Waals surface area (Å²) in [7, 11) is 0. The van der Waals surface area contributed by atoms with Gasteiger partial charge in [0.05, 0.1) is 0 Å².